The van der Waals surface area contributed by atoms with Gasteiger partial charge in [-0.2, -0.15) is 4.98 Å². The van der Waals surface area contributed by atoms with Gasteiger partial charge >= 0.3 is 0 Å². The van der Waals surface area contributed by atoms with Gasteiger partial charge in [-0.1, -0.05) is 0 Å². The summed E-state index contributed by atoms with van der Waals surface area (Å²) in [5.74, 6) is 1.17. The summed E-state index contributed by atoms with van der Waals surface area (Å²) >= 11 is 3.40. The van der Waals surface area contributed by atoms with E-state index in [1.54, 1.807) is 7.11 Å². The molecule has 0 aromatic carbocycles. The minimum Gasteiger partial charge on any atom is -0.480 e. The van der Waals surface area contributed by atoms with Crippen LogP contribution in [-0.2, 0) is 0 Å². The van der Waals surface area contributed by atoms with Gasteiger partial charge in [0.25, 0.3) is 0 Å². The molecule has 6 heteroatoms. The van der Waals surface area contributed by atoms with E-state index in [2.05, 4.69) is 53.9 Å². The maximum atomic E-state index is 6.07. The highest BCUT2D eigenvalue weighted by Crippen LogP contribution is 2.32. The Balaban J connectivity index is 0.00000220. The van der Waals surface area contributed by atoms with Crippen molar-refractivity contribution >= 4 is 28.3 Å². The topological polar surface area (TPSA) is 43.4 Å². The monoisotopic (exact) mass is 378 g/mol. The first-order chi connectivity index (χ1) is 9.21. The highest BCUT2D eigenvalue weighted by atomic mass is 79.9. The summed E-state index contributed by atoms with van der Waals surface area (Å²) in [7, 11) is 1.60. The molecule has 0 amide bonds. The van der Waals surface area contributed by atoms with E-state index in [0.29, 0.717) is 11.8 Å². The maximum Gasteiger partial charge on any atom is 0.231 e. The van der Waals surface area contributed by atoms with Crippen LogP contribution in [0.2, 0.25) is 0 Å². The van der Waals surface area contributed by atoms with E-state index in [4.69, 9.17) is 9.47 Å². The van der Waals surface area contributed by atoms with Crippen molar-refractivity contribution in [2.75, 3.05) is 7.11 Å². The number of pyridine rings is 1. The highest BCUT2D eigenvalue weighted by Gasteiger charge is 2.38. The van der Waals surface area contributed by atoms with Gasteiger partial charge in [-0.25, -0.2) is 0 Å². The van der Waals surface area contributed by atoms with E-state index in [1.165, 1.54) is 0 Å². The predicted molar refractivity (Wildman–Crippen MR) is 90.7 cm³/mol. The molecule has 2 rings (SSSR count). The fourth-order valence-corrected chi connectivity index (χ4v) is 3.48. The molecular weight excluding hydrogens is 356 g/mol. The molecule has 0 atom stereocenters. The normalized spacial score (nSPS) is 20.5. The van der Waals surface area contributed by atoms with Crippen LogP contribution in [0.1, 0.15) is 40.5 Å². The molecule has 1 aliphatic rings. The zero-order valence-corrected chi connectivity index (χ0v) is 15.6. The Bertz CT molecular complexity index is 479. The summed E-state index contributed by atoms with van der Waals surface area (Å²) in [5.41, 5.74) is 0.123. The van der Waals surface area contributed by atoms with Crippen LogP contribution in [0.15, 0.2) is 16.6 Å². The molecule has 120 valence electrons. The SMILES string of the molecule is COc1nc(OC2CC(C)(C)NC(C)(C)C2)ccc1Br.Cl. The van der Waals surface area contributed by atoms with Crippen molar-refractivity contribution in [3.63, 3.8) is 0 Å². The van der Waals surface area contributed by atoms with Gasteiger partial charge in [-0.05, 0) is 49.7 Å². The first-order valence-electron chi connectivity index (χ1n) is 6.87. The Morgan fingerprint density at radius 1 is 1.19 bits per heavy atom. The molecule has 21 heavy (non-hydrogen) atoms. The summed E-state index contributed by atoms with van der Waals surface area (Å²) < 4.78 is 12.1. The van der Waals surface area contributed by atoms with Crippen LogP contribution in [0.4, 0.5) is 0 Å². The molecule has 0 aliphatic carbocycles. The van der Waals surface area contributed by atoms with Gasteiger partial charge in [0, 0.05) is 30.0 Å². The lowest BCUT2D eigenvalue weighted by molar-refractivity contribution is 0.0526. The number of aromatic nitrogens is 1. The summed E-state index contributed by atoms with van der Waals surface area (Å²) in [6.07, 6.45) is 2.06. The van der Waals surface area contributed by atoms with E-state index in [1.807, 2.05) is 12.1 Å². The molecule has 1 aromatic heterocycles. The van der Waals surface area contributed by atoms with Crippen LogP contribution in [0, 0.1) is 0 Å². The zero-order valence-electron chi connectivity index (χ0n) is 13.2. The van der Waals surface area contributed by atoms with Gasteiger partial charge in [0.05, 0.1) is 11.6 Å². The van der Waals surface area contributed by atoms with Crippen molar-refractivity contribution in [1.29, 1.82) is 0 Å². The number of nitrogens with zero attached hydrogens (tertiary/aromatic N) is 1. The molecule has 0 unspecified atom stereocenters. The number of piperidine rings is 1. The van der Waals surface area contributed by atoms with Gasteiger partial charge in [0.15, 0.2) is 0 Å². The number of rotatable bonds is 3. The molecule has 4 nitrogen and oxygen atoms in total. The molecule has 0 radical (unpaired) electrons. The predicted octanol–water partition coefficient (Wildman–Crippen LogP) is 3.96. The Morgan fingerprint density at radius 3 is 2.29 bits per heavy atom. The Hall–Kier alpha value is -0.520. The van der Waals surface area contributed by atoms with Crippen molar-refractivity contribution in [2.24, 2.45) is 0 Å². The summed E-state index contributed by atoms with van der Waals surface area (Å²) in [5, 5.41) is 3.65. The van der Waals surface area contributed by atoms with Crippen LogP contribution in [-0.4, -0.2) is 29.3 Å². The lowest BCUT2D eigenvalue weighted by Gasteiger charge is -2.46. The third-order valence-electron chi connectivity index (χ3n) is 3.42. The summed E-state index contributed by atoms with van der Waals surface area (Å²) in [6.45, 7) is 8.83. The van der Waals surface area contributed by atoms with Crippen molar-refractivity contribution in [1.82, 2.24) is 10.3 Å². The maximum absolute atomic E-state index is 6.07. The smallest absolute Gasteiger partial charge is 0.231 e. The molecule has 0 spiro atoms. The average molecular weight is 380 g/mol. The minimum absolute atomic E-state index is 0. The molecular formula is C15H24BrClN2O2. The highest BCUT2D eigenvalue weighted by molar-refractivity contribution is 9.10. The average Bonchev–Trinajstić information content (AvgIpc) is 2.27. The number of ether oxygens (including phenoxy) is 2. The third-order valence-corrected chi connectivity index (χ3v) is 4.03. The fourth-order valence-electron chi connectivity index (χ4n) is 3.10. The second kappa shape index (κ2) is 6.71. The van der Waals surface area contributed by atoms with E-state index in [0.717, 1.165) is 17.3 Å². The lowest BCUT2D eigenvalue weighted by atomic mass is 9.81. The van der Waals surface area contributed by atoms with Crippen molar-refractivity contribution < 1.29 is 9.47 Å². The Labute approximate surface area is 141 Å². The van der Waals surface area contributed by atoms with Crippen LogP contribution in [0.25, 0.3) is 0 Å². The van der Waals surface area contributed by atoms with Crippen molar-refractivity contribution in [3.05, 3.63) is 16.6 Å². The first-order valence-corrected chi connectivity index (χ1v) is 7.67. The number of methoxy groups -OCH3 is 1. The number of hydrogen-bond acceptors (Lipinski definition) is 4. The second-order valence-electron chi connectivity index (χ2n) is 6.68. The number of halogens is 2. The van der Waals surface area contributed by atoms with Crippen LogP contribution >= 0.6 is 28.3 Å². The van der Waals surface area contributed by atoms with E-state index in [-0.39, 0.29) is 29.6 Å². The molecule has 2 heterocycles. The van der Waals surface area contributed by atoms with Gasteiger partial charge in [0.2, 0.25) is 11.8 Å². The minimum atomic E-state index is 0. The van der Waals surface area contributed by atoms with Gasteiger partial charge in [0.1, 0.15) is 6.10 Å². The lowest BCUT2D eigenvalue weighted by Crippen LogP contribution is -2.60. The molecule has 1 saturated heterocycles. The van der Waals surface area contributed by atoms with Crippen LogP contribution in [0.3, 0.4) is 0 Å². The second-order valence-corrected chi connectivity index (χ2v) is 7.54. The van der Waals surface area contributed by atoms with Crippen molar-refractivity contribution in [2.45, 2.75) is 57.7 Å². The molecule has 1 fully saturated rings. The molecule has 1 aliphatic heterocycles. The van der Waals surface area contributed by atoms with E-state index >= 15 is 0 Å². The Kier molecular flexibility index (Phi) is 5.92. The van der Waals surface area contributed by atoms with E-state index < -0.39 is 0 Å². The first kappa shape index (κ1) is 18.5. The third kappa shape index (κ3) is 5.01. The largest absolute Gasteiger partial charge is 0.480 e. The van der Waals surface area contributed by atoms with Gasteiger partial charge in [-0.15, -0.1) is 12.4 Å². The summed E-state index contributed by atoms with van der Waals surface area (Å²) in [6, 6.07) is 3.77. The van der Waals surface area contributed by atoms with Crippen LogP contribution in [0.5, 0.6) is 11.8 Å². The standard InChI is InChI=1S/C15H23BrN2O2.ClH/c1-14(2)8-10(9-15(3,4)18-14)20-12-7-6-11(16)13(17-12)19-5;/h6-7,10,18H,8-9H2,1-5H3;1H. The quantitative estimate of drug-likeness (QED) is 0.863. The van der Waals surface area contributed by atoms with Crippen LogP contribution < -0.4 is 14.8 Å². The summed E-state index contributed by atoms with van der Waals surface area (Å²) in [4.78, 5) is 4.37. The van der Waals surface area contributed by atoms with Gasteiger partial charge < -0.3 is 14.8 Å². The molecule has 1 N–H and O–H groups in total. The van der Waals surface area contributed by atoms with Gasteiger partial charge in [-0.3, -0.25) is 0 Å². The number of nitrogens with one attached hydrogen (secondary N) is 1. The van der Waals surface area contributed by atoms with E-state index in [9.17, 15) is 0 Å². The number of hydrogen-bond donors (Lipinski definition) is 1. The van der Waals surface area contributed by atoms with Crippen molar-refractivity contribution in [3.8, 4) is 11.8 Å². The zero-order chi connectivity index (χ0) is 15.0. The molecule has 0 bridgehead atoms. The Morgan fingerprint density at radius 2 is 1.76 bits per heavy atom. The molecule has 1 aromatic rings. The molecule has 0 saturated carbocycles. The fraction of sp³-hybridized carbons (Fsp3) is 0.667.